The van der Waals surface area contributed by atoms with E-state index in [-0.39, 0.29) is 0 Å². The van der Waals surface area contributed by atoms with Crippen molar-refractivity contribution < 1.29 is 0 Å². The third-order valence-electron chi connectivity index (χ3n) is 4.46. The van der Waals surface area contributed by atoms with Crippen LogP contribution in [-0.4, -0.2) is 41.9 Å². The van der Waals surface area contributed by atoms with Gasteiger partial charge in [0.2, 0.25) is 0 Å². The van der Waals surface area contributed by atoms with E-state index in [0.29, 0.717) is 17.5 Å². The largest absolute Gasteiger partial charge is 0.366 e. The van der Waals surface area contributed by atoms with Crippen LogP contribution in [0.1, 0.15) is 31.2 Å². The van der Waals surface area contributed by atoms with Gasteiger partial charge in [-0.3, -0.25) is 4.99 Å². The van der Waals surface area contributed by atoms with Gasteiger partial charge in [0.05, 0.1) is 12.1 Å². The molecule has 2 aliphatic rings. The van der Waals surface area contributed by atoms with Crippen molar-refractivity contribution in [2.75, 3.05) is 25.5 Å². The maximum Gasteiger partial charge on any atom is 0.144 e. The number of likely N-dealkylation sites (N-methyl/N-ethyl adjacent to an activating group) is 1. The van der Waals surface area contributed by atoms with Crippen LogP contribution in [-0.2, 0) is 0 Å². The molecular formula is C16H21N5. The SMILES string of the molecule is CN1CCN=C1C1CCC(Nc2ncccc2C#N)CC1. The molecule has 21 heavy (non-hydrogen) atoms. The van der Waals surface area contributed by atoms with Gasteiger partial charge >= 0.3 is 0 Å². The molecule has 3 rings (SSSR count). The van der Waals surface area contributed by atoms with Gasteiger partial charge in [0, 0.05) is 31.7 Å². The molecule has 1 N–H and O–H groups in total. The number of anilines is 1. The number of nitriles is 1. The summed E-state index contributed by atoms with van der Waals surface area (Å²) in [6, 6.07) is 6.22. The van der Waals surface area contributed by atoms with Crippen molar-refractivity contribution in [2.24, 2.45) is 10.9 Å². The Labute approximate surface area is 125 Å². The molecule has 1 aromatic rings. The van der Waals surface area contributed by atoms with Crippen LogP contribution in [0.4, 0.5) is 5.82 Å². The molecule has 0 unspecified atom stereocenters. The van der Waals surface area contributed by atoms with Gasteiger partial charge in [-0.2, -0.15) is 5.26 Å². The van der Waals surface area contributed by atoms with Gasteiger partial charge < -0.3 is 10.2 Å². The number of rotatable bonds is 3. The second kappa shape index (κ2) is 6.13. The fourth-order valence-electron chi connectivity index (χ4n) is 3.29. The first kappa shape index (κ1) is 13.9. The summed E-state index contributed by atoms with van der Waals surface area (Å²) in [6.07, 6.45) is 6.28. The predicted molar refractivity (Wildman–Crippen MR) is 83.3 cm³/mol. The minimum atomic E-state index is 0.413. The Morgan fingerprint density at radius 3 is 2.81 bits per heavy atom. The molecule has 110 valence electrons. The molecule has 0 saturated heterocycles. The van der Waals surface area contributed by atoms with Gasteiger partial charge in [-0.25, -0.2) is 4.98 Å². The number of nitrogens with zero attached hydrogens (tertiary/aromatic N) is 4. The highest BCUT2D eigenvalue weighted by Crippen LogP contribution is 2.29. The van der Waals surface area contributed by atoms with Crippen LogP contribution >= 0.6 is 0 Å². The summed E-state index contributed by atoms with van der Waals surface area (Å²) >= 11 is 0. The van der Waals surface area contributed by atoms with E-state index in [1.807, 2.05) is 6.07 Å². The van der Waals surface area contributed by atoms with E-state index in [2.05, 4.69) is 33.3 Å². The van der Waals surface area contributed by atoms with Crippen LogP contribution < -0.4 is 5.32 Å². The Morgan fingerprint density at radius 2 is 2.14 bits per heavy atom. The van der Waals surface area contributed by atoms with Crippen molar-refractivity contribution >= 4 is 11.7 Å². The van der Waals surface area contributed by atoms with E-state index < -0.39 is 0 Å². The highest BCUT2D eigenvalue weighted by molar-refractivity contribution is 5.85. The molecule has 0 aromatic carbocycles. The van der Waals surface area contributed by atoms with E-state index >= 15 is 0 Å². The number of nitrogens with one attached hydrogen (secondary N) is 1. The Balaban J connectivity index is 1.58. The fourth-order valence-corrected chi connectivity index (χ4v) is 3.29. The summed E-state index contributed by atoms with van der Waals surface area (Å²) in [7, 11) is 2.14. The molecule has 1 fully saturated rings. The van der Waals surface area contributed by atoms with Crippen LogP contribution in [0.25, 0.3) is 0 Å². The molecule has 1 aromatic heterocycles. The molecule has 0 radical (unpaired) electrons. The highest BCUT2D eigenvalue weighted by Gasteiger charge is 2.28. The second-order valence-electron chi connectivity index (χ2n) is 5.87. The van der Waals surface area contributed by atoms with Crippen molar-refractivity contribution in [1.29, 1.82) is 5.26 Å². The van der Waals surface area contributed by atoms with Crippen LogP contribution in [0.2, 0.25) is 0 Å². The average Bonchev–Trinajstić information content (AvgIpc) is 2.95. The first-order chi connectivity index (χ1) is 10.3. The van der Waals surface area contributed by atoms with Gasteiger partial charge in [-0.05, 0) is 37.8 Å². The molecule has 0 atom stereocenters. The second-order valence-corrected chi connectivity index (χ2v) is 5.87. The van der Waals surface area contributed by atoms with Crippen LogP contribution in [0.3, 0.4) is 0 Å². The molecule has 0 amide bonds. The van der Waals surface area contributed by atoms with Gasteiger partial charge in [-0.15, -0.1) is 0 Å². The van der Waals surface area contributed by atoms with E-state index in [0.717, 1.165) is 44.6 Å². The topological polar surface area (TPSA) is 64.3 Å². The molecule has 1 aliphatic heterocycles. The number of amidine groups is 1. The van der Waals surface area contributed by atoms with Crippen molar-refractivity contribution in [3.63, 3.8) is 0 Å². The van der Waals surface area contributed by atoms with Gasteiger partial charge in [-0.1, -0.05) is 0 Å². The Morgan fingerprint density at radius 1 is 1.33 bits per heavy atom. The zero-order chi connectivity index (χ0) is 14.7. The van der Waals surface area contributed by atoms with E-state index in [1.54, 1.807) is 12.3 Å². The summed E-state index contributed by atoms with van der Waals surface area (Å²) in [5, 5.41) is 12.5. The molecule has 0 spiro atoms. The number of hydrogen-bond donors (Lipinski definition) is 1. The fraction of sp³-hybridized carbons (Fsp3) is 0.562. The monoisotopic (exact) mass is 283 g/mol. The molecule has 1 saturated carbocycles. The lowest BCUT2D eigenvalue weighted by atomic mass is 9.85. The van der Waals surface area contributed by atoms with Crippen molar-refractivity contribution in [2.45, 2.75) is 31.7 Å². The van der Waals surface area contributed by atoms with Crippen LogP contribution in [0.15, 0.2) is 23.3 Å². The maximum absolute atomic E-state index is 9.11. The normalized spacial score (nSPS) is 25.3. The molecule has 0 bridgehead atoms. The maximum atomic E-state index is 9.11. The quantitative estimate of drug-likeness (QED) is 0.924. The number of aliphatic imine (C=N–C) groups is 1. The minimum absolute atomic E-state index is 0.413. The van der Waals surface area contributed by atoms with Gasteiger partial charge in [0.15, 0.2) is 0 Å². The summed E-state index contributed by atoms with van der Waals surface area (Å²) in [4.78, 5) is 11.2. The Hall–Kier alpha value is -2.09. The van der Waals surface area contributed by atoms with Crippen LogP contribution in [0, 0.1) is 17.2 Å². The van der Waals surface area contributed by atoms with Crippen molar-refractivity contribution in [3.05, 3.63) is 23.9 Å². The zero-order valence-corrected chi connectivity index (χ0v) is 12.4. The summed E-state index contributed by atoms with van der Waals surface area (Å²) in [5.74, 6) is 2.62. The number of aromatic nitrogens is 1. The summed E-state index contributed by atoms with van der Waals surface area (Å²) in [5.41, 5.74) is 0.625. The lowest BCUT2D eigenvalue weighted by Gasteiger charge is -2.31. The lowest BCUT2D eigenvalue weighted by Crippen LogP contribution is -2.35. The Bertz CT molecular complexity index is 566. The predicted octanol–water partition coefficient (Wildman–Crippen LogP) is 2.27. The van der Waals surface area contributed by atoms with Crippen molar-refractivity contribution in [3.8, 4) is 6.07 Å². The zero-order valence-electron chi connectivity index (χ0n) is 12.4. The minimum Gasteiger partial charge on any atom is -0.366 e. The van der Waals surface area contributed by atoms with Crippen LogP contribution in [0.5, 0.6) is 0 Å². The van der Waals surface area contributed by atoms with Crippen molar-refractivity contribution in [1.82, 2.24) is 9.88 Å². The third kappa shape index (κ3) is 2.99. The summed E-state index contributed by atoms with van der Waals surface area (Å²) < 4.78 is 0. The first-order valence-corrected chi connectivity index (χ1v) is 7.65. The van der Waals surface area contributed by atoms with Gasteiger partial charge in [0.1, 0.15) is 17.7 Å². The van der Waals surface area contributed by atoms with E-state index in [4.69, 9.17) is 5.26 Å². The molecule has 1 aliphatic carbocycles. The lowest BCUT2D eigenvalue weighted by molar-refractivity contribution is 0.382. The standard InChI is InChI=1S/C16H21N5/c1-21-10-9-19-16(21)12-4-6-14(7-5-12)20-15-13(11-17)3-2-8-18-15/h2-3,8,12,14H,4-7,9-10H2,1H3,(H,18,20). The smallest absolute Gasteiger partial charge is 0.144 e. The van der Waals surface area contributed by atoms with E-state index in [9.17, 15) is 0 Å². The molecule has 2 heterocycles. The van der Waals surface area contributed by atoms with Gasteiger partial charge in [0.25, 0.3) is 0 Å². The number of hydrogen-bond acceptors (Lipinski definition) is 5. The summed E-state index contributed by atoms with van der Waals surface area (Å²) in [6.45, 7) is 2.01. The highest BCUT2D eigenvalue weighted by atomic mass is 15.2. The van der Waals surface area contributed by atoms with E-state index in [1.165, 1.54) is 5.84 Å². The third-order valence-corrected chi connectivity index (χ3v) is 4.46. The number of pyridine rings is 1. The molecular weight excluding hydrogens is 262 g/mol. The Kier molecular flexibility index (Phi) is 4.05. The molecule has 5 heteroatoms. The first-order valence-electron chi connectivity index (χ1n) is 7.65. The average molecular weight is 283 g/mol. The molecule has 5 nitrogen and oxygen atoms in total.